The van der Waals surface area contributed by atoms with E-state index in [-0.39, 0.29) is 31.6 Å². The molecule has 1 aliphatic rings. The minimum Gasteiger partial charge on any atom is -0.370 e. The van der Waals surface area contributed by atoms with E-state index in [0.29, 0.717) is 11.9 Å². The average molecular weight is 431 g/mol. The molecule has 1 aliphatic heterocycles. The number of pyridine rings is 1. The minimum absolute atomic E-state index is 0.137. The number of hydrogen-bond donors (Lipinski definition) is 0. The lowest BCUT2D eigenvalue weighted by Gasteiger charge is -2.36. The fourth-order valence-corrected chi connectivity index (χ4v) is 4.99. The second-order valence-corrected chi connectivity index (χ2v) is 8.68. The van der Waals surface area contributed by atoms with Crippen molar-refractivity contribution in [2.75, 3.05) is 18.0 Å². The van der Waals surface area contributed by atoms with Crippen LogP contribution in [0.5, 0.6) is 0 Å². The third-order valence-electron chi connectivity index (χ3n) is 4.87. The van der Waals surface area contributed by atoms with Gasteiger partial charge < -0.3 is 4.90 Å². The summed E-state index contributed by atoms with van der Waals surface area (Å²) in [4.78, 5) is 4.53. The molecule has 0 atom stereocenters. The standard InChI is InChI=1S/C17H17F4N5O2S/c1-25-10-14(15(24-25)16(18)19)29(27,28)17(20,21)11-4-6-26(7-5-11)13-3-2-12(8-22)23-9-13/h2-3,9-11,16H,4-7H2,1H3. The summed E-state index contributed by atoms with van der Waals surface area (Å²) < 4.78 is 81.8. The van der Waals surface area contributed by atoms with Crippen LogP contribution in [0.25, 0.3) is 0 Å². The number of alkyl halides is 4. The molecule has 29 heavy (non-hydrogen) atoms. The predicted octanol–water partition coefficient (Wildman–Crippen LogP) is 2.91. The van der Waals surface area contributed by atoms with Crippen molar-refractivity contribution >= 4 is 15.5 Å². The zero-order chi connectivity index (χ0) is 21.4. The van der Waals surface area contributed by atoms with Gasteiger partial charge in [0.1, 0.15) is 22.4 Å². The molecule has 156 valence electrons. The Morgan fingerprint density at radius 1 is 1.28 bits per heavy atom. The maximum Gasteiger partial charge on any atom is 0.353 e. The van der Waals surface area contributed by atoms with Crippen LogP contribution in [0.3, 0.4) is 0 Å². The Balaban J connectivity index is 1.79. The van der Waals surface area contributed by atoms with Crippen molar-refractivity contribution in [1.29, 1.82) is 5.26 Å². The second-order valence-electron chi connectivity index (χ2n) is 6.69. The summed E-state index contributed by atoms with van der Waals surface area (Å²) in [6, 6.07) is 5.00. The van der Waals surface area contributed by atoms with Gasteiger partial charge in [0.2, 0.25) is 9.84 Å². The first kappa shape index (κ1) is 21.0. The first-order valence-corrected chi connectivity index (χ1v) is 10.1. The number of nitriles is 1. The highest BCUT2D eigenvalue weighted by Crippen LogP contribution is 2.43. The third kappa shape index (κ3) is 3.78. The first-order valence-electron chi connectivity index (χ1n) is 8.63. The van der Waals surface area contributed by atoms with E-state index in [1.165, 1.54) is 19.3 Å². The monoisotopic (exact) mass is 431 g/mol. The van der Waals surface area contributed by atoms with Crippen LogP contribution in [0.1, 0.15) is 30.7 Å². The number of anilines is 1. The number of aromatic nitrogens is 3. The van der Waals surface area contributed by atoms with E-state index in [2.05, 4.69) is 10.1 Å². The summed E-state index contributed by atoms with van der Waals surface area (Å²) in [5.74, 6) is -1.53. The Hall–Kier alpha value is -2.68. The van der Waals surface area contributed by atoms with Crippen LogP contribution in [0.4, 0.5) is 23.2 Å². The normalized spacial score (nSPS) is 16.2. The van der Waals surface area contributed by atoms with Crippen molar-refractivity contribution in [3.05, 3.63) is 35.9 Å². The molecule has 2 aromatic heterocycles. The molecule has 3 rings (SSSR count). The van der Waals surface area contributed by atoms with Gasteiger partial charge in [-0.05, 0) is 25.0 Å². The fourth-order valence-electron chi connectivity index (χ4n) is 3.32. The lowest BCUT2D eigenvalue weighted by Crippen LogP contribution is -2.44. The van der Waals surface area contributed by atoms with Crippen molar-refractivity contribution in [3.8, 4) is 6.07 Å². The number of halogens is 4. The van der Waals surface area contributed by atoms with Gasteiger partial charge >= 0.3 is 5.25 Å². The molecule has 0 N–H and O–H groups in total. The fraction of sp³-hybridized carbons (Fsp3) is 0.471. The molecule has 3 heterocycles. The molecule has 0 spiro atoms. The van der Waals surface area contributed by atoms with Gasteiger partial charge in [0.05, 0.1) is 11.9 Å². The Bertz CT molecular complexity index is 1020. The first-order chi connectivity index (χ1) is 13.6. The highest BCUT2D eigenvalue weighted by molar-refractivity contribution is 7.92. The number of piperidine rings is 1. The number of hydrogen-bond acceptors (Lipinski definition) is 6. The Morgan fingerprint density at radius 2 is 1.93 bits per heavy atom. The van der Waals surface area contributed by atoms with E-state index in [1.54, 1.807) is 11.0 Å². The molecule has 7 nitrogen and oxygen atoms in total. The zero-order valence-electron chi connectivity index (χ0n) is 15.3. The molecule has 2 aromatic rings. The van der Waals surface area contributed by atoms with E-state index in [1.807, 2.05) is 6.07 Å². The van der Waals surface area contributed by atoms with Gasteiger partial charge in [-0.25, -0.2) is 22.2 Å². The van der Waals surface area contributed by atoms with Crippen LogP contribution < -0.4 is 4.90 Å². The van der Waals surface area contributed by atoms with Gasteiger partial charge in [-0.2, -0.15) is 19.1 Å². The van der Waals surface area contributed by atoms with E-state index >= 15 is 0 Å². The topological polar surface area (TPSA) is 91.9 Å². The molecule has 12 heteroatoms. The van der Waals surface area contributed by atoms with Crippen molar-refractivity contribution in [2.24, 2.45) is 13.0 Å². The number of sulfone groups is 1. The maximum atomic E-state index is 14.9. The number of rotatable bonds is 5. The average Bonchev–Trinajstić information content (AvgIpc) is 3.11. The molecule has 0 radical (unpaired) electrons. The van der Waals surface area contributed by atoms with Gasteiger partial charge in [-0.15, -0.1) is 0 Å². The second kappa shape index (κ2) is 7.62. The van der Waals surface area contributed by atoms with Crippen molar-refractivity contribution in [2.45, 2.75) is 29.4 Å². The molecule has 0 unspecified atom stereocenters. The lowest BCUT2D eigenvalue weighted by atomic mass is 9.97. The van der Waals surface area contributed by atoms with Gasteiger partial charge in [0.15, 0.2) is 0 Å². The van der Waals surface area contributed by atoms with Crippen LogP contribution in [0, 0.1) is 17.2 Å². The molecule has 1 fully saturated rings. The zero-order valence-corrected chi connectivity index (χ0v) is 16.1. The highest BCUT2D eigenvalue weighted by Gasteiger charge is 2.54. The van der Waals surface area contributed by atoms with Gasteiger partial charge in [0, 0.05) is 32.3 Å². The molecule has 1 saturated heterocycles. The SMILES string of the molecule is Cn1cc(S(=O)(=O)C(F)(F)C2CCN(c3ccc(C#N)nc3)CC2)c(C(F)F)n1. The van der Waals surface area contributed by atoms with E-state index in [4.69, 9.17) is 5.26 Å². The molecule has 0 aromatic carbocycles. The number of aryl methyl sites for hydroxylation is 1. The number of nitrogens with zero attached hydrogens (tertiary/aromatic N) is 5. The van der Waals surface area contributed by atoms with Crippen molar-refractivity contribution in [1.82, 2.24) is 14.8 Å². The summed E-state index contributed by atoms with van der Waals surface area (Å²) >= 11 is 0. The Morgan fingerprint density at radius 3 is 2.45 bits per heavy atom. The summed E-state index contributed by atoms with van der Waals surface area (Å²) in [7, 11) is -4.16. The van der Waals surface area contributed by atoms with Gasteiger partial charge in [0.25, 0.3) is 6.43 Å². The Kier molecular flexibility index (Phi) is 5.53. The van der Waals surface area contributed by atoms with Gasteiger partial charge in [-0.3, -0.25) is 4.68 Å². The molecular formula is C17H17F4N5O2S. The van der Waals surface area contributed by atoms with Crippen LogP contribution in [-0.4, -0.2) is 41.5 Å². The summed E-state index contributed by atoms with van der Waals surface area (Å²) in [6.07, 6.45) is -1.48. The molecule has 0 amide bonds. The third-order valence-corrected chi connectivity index (χ3v) is 6.82. The minimum atomic E-state index is -5.35. The van der Waals surface area contributed by atoms with Crippen LogP contribution >= 0.6 is 0 Å². The molecule has 0 saturated carbocycles. The molecule has 0 bridgehead atoms. The maximum absolute atomic E-state index is 14.9. The van der Waals surface area contributed by atoms with Crippen LogP contribution in [0.2, 0.25) is 0 Å². The summed E-state index contributed by atoms with van der Waals surface area (Å²) in [5, 5.41) is 7.87. The van der Waals surface area contributed by atoms with Crippen LogP contribution in [-0.2, 0) is 16.9 Å². The molecule has 0 aliphatic carbocycles. The van der Waals surface area contributed by atoms with E-state index < -0.39 is 38.0 Å². The van der Waals surface area contributed by atoms with E-state index in [0.717, 1.165) is 4.68 Å². The van der Waals surface area contributed by atoms with Crippen LogP contribution in [0.15, 0.2) is 29.4 Å². The largest absolute Gasteiger partial charge is 0.370 e. The van der Waals surface area contributed by atoms with Crippen molar-refractivity contribution < 1.29 is 26.0 Å². The van der Waals surface area contributed by atoms with E-state index in [9.17, 15) is 26.0 Å². The summed E-state index contributed by atoms with van der Waals surface area (Å²) in [5.41, 5.74) is -0.332. The van der Waals surface area contributed by atoms with Crippen molar-refractivity contribution in [3.63, 3.8) is 0 Å². The summed E-state index contributed by atoms with van der Waals surface area (Å²) in [6.45, 7) is 0.274. The van der Waals surface area contributed by atoms with Gasteiger partial charge in [-0.1, -0.05) is 0 Å². The Labute approximate surface area is 164 Å². The molecular weight excluding hydrogens is 414 g/mol. The lowest BCUT2D eigenvalue weighted by molar-refractivity contribution is 0.0147. The predicted molar refractivity (Wildman–Crippen MR) is 94.2 cm³/mol. The quantitative estimate of drug-likeness (QED) is 0.676. The highest BCUT2D eigenvalue weighted by atomic mass is 32.2. The smallest absolute Gasteiger partial charge is 0.353 e.